The minimum atomic E-state index is -1.13. The van der Waals surface area contributed by atoms with E-state index in [1.807, 2.05) is 50.2 Å². The van der Waals surface area contributed by atoms with Crippen LogP contribution in [0.5, 0.6) is 0 Å². The van der Waals surface area contributed by atoms with Gasteiger partial charge in [0.1, 0.15) is 12.4 Å². The number of nitrogens with one attached hydrogen (secondary N) is 1. The highest BCUT2D eigenvalue weighted by atomic mass is 19.1. The second kappa shape index (κ2) is 9.57. The molecule has 2 aromatic rings. The van der Waals surface area contributed by atoms with E-state index < -0.39 is 30.4 Å². The normalized spacial score (nSPS) is 14.2. The van der Waals surface area contributed by atoms with Gasteiger partial charge in [0.15, 0.2) is 0 Å². The molecule has 0 heterocycles. The highest BCUT2D eigenvalue weighted by Gasteiger charge is 2.29. The molecule has 1 aliphatic rings. The monoisotopic (exact) mass is 411 g/mol. The van der Waals surface area contributed by atoms with E-state index in [4.69, 9.17) is 9.84 Å². The molecule has 0 saturated heterocycles. The molecular weight excluding hydrogens is 385 g/mol. The van der Waals surface area contributed by atoms with Crippen molar-refractivity contribution in [3.05, 3.63) is 71.6 Å². The maximum Gasteiger partial charge on any atom is 0.407 e. The lowest BCUT2D eigenvalue weighted by molar-refractivity contribution is -0.136. The number of fused-ring (bicyclic) bond motifs is 3. The zero-order valence-electron chi connectivity index (χ0n) is 17.1. The molecule has 3 rings (SSSR count). The van der Waals surface area contributed by atoms with Gasteiger partial charge in [0, 0.05) is 5.92 Å². The molecule has 30 heavy (non-hydrogen) atoms. The SMILES string of the molecule is CC(C)CC(NC(=O)OCC1c2ccccc2-c2ccccc21)/C(F)=C/CC(=O)O. The minimum absolute atomic E-state index is 0.0842. The molecule has 1 amide bonds. The van der Waals surface area contributed by atoms with Crippen LogP contribution in [0.4, 0.5) is 9.18 Å². The first-order chi connectivity index (χ1) is 14.4. The van der Waals surface area contributed by atoms with Gasteiger partial charge in [-0.3, -0.25) is 4.79 Å². The molecule has 0 radical (unpaired) electrons. The fraction of sp³-hybridized carbons (Fsp3) is 0.333. The van der Waals surface area contributed by atoms with Gasteiger partial charge in [-0.05, 0) is 40.7 Å². The van der Waals surface area contributed by atoms with Crippen LogP contribution in [0.3, 0.4) is 0 Å². The number of carboxylic acids is 1. The molecule has 2 aromatic carbocycles. The zero-order chi connectivity index (χ0) is 21.7. The van der Waals surface area contributed by atoms with E-state index in [1.54, 1.807) is 0 Å². The van der Waals surface area contributed by atoms with Gasteiger partial charge >= 0.3 is 12.1 Å². The molecule has 1 atom stereocenters. The number of carboxylic acid groups (broad SMARTS) is 1. The lowest BCUT2D eigenvalue weighted by atomic mass is 9.98. The van der Waals surface area contributed by atoms with Gasteiger partial charge in [-0.1, -0.05) is 62.4 Å². The quantitative estimate of drug-likeness (QED) is 0.621. The maximum absolute atomic E-state index is 14.4. The van der Waals surface area contributed by atoms with Crippen molar-refractivity contribution in [1.82, 2.24) is 5.32 Å². The fourth-order valence-corrected chi connectivity index (χ4v) is 3.82. The minimum Gasteiger partial charge on any atom is -0.481 e. The van der Waals surface area contributed by atoms with Crippen molar-refractivity contribution >= 4 is 12.1 Å². The van der Waals surface area contributed by atoms with Gasteiger partial charge < -0.3 is 15.2 Å². The van der Waals surface area contributed by atoms with Gasteiger partial charge in [0.2, 0.25) is 0 Å². The summed E-state index contributed by atoms with van der Waals surface area (Å²) >= 11 is 0. The Morgan fingerprint density at radius 3 is 2.20 bits per heavy atom. The fourth-order valence-electron chi connectivity index (χ4n) is 3.82. The van der Waals surface area contributed by atoms with Crippen molar-refractivity contribution in [2.45, 2.75) is 38.6 Å². The Bertz CT molecular complexity index is 908. The summed E-state index contributed by atoms with van der Waals surface area (Å²) < 4.78 is 19.9. The van der Waals surface area contributed by atoms with Crippen LogP contribution in [0.15, 0.2) is 60.4 Å². The number of hydrogen-bond donors (Lipinski definition) is 2. The molecule has 1 aliphatic carbocycles. The smallest absolute Gasteiger partial charge is 0.407 e. The number of rotatable bonds is 8. The van der Waals surface area contributed by atoms with E-state index in [1.165, 1.54) is 0 Å². The molecule has 1 unspecified atom stereocenters. The van der Waals surface area contributed by atoms with Crippen LogP contribution in [-0.2, 0) is 9.53 Å². The molecule has 0 saturated carbocycles. The van der Waals surface area contributed by atoms with E-state index >= 15 is 0 Å². The number of halogens is 1. The van der Waals surface area contributed by atoms with E-state index in [2.05, 4.69) is 17.4 Å². The van der Waals surface area contributed by atoms with Gasteiger partial charge in [-0.2, -0.15) is 0 Å². The topological polar surface area (TPSA) is 75.6 Å². The lowest BCUT2D eigenvalue weighted by Gasteiger charge is -2.20. The van der Waals surface area contributed by atoms with Crippen LogP contribution in [0.1, 0.15) is 43.7 Å². The molecular formula is C24H26FNO4. The molecule has 0 fully saturated rings. The van der Waals surface area contributed by atoms with E-state index in [9.17, 15) is 14.0 Å². The van der Waals surface area contributed by atoms with Gasteiger partial charge in [0.05, 0.1) is 12.5 Å². The number of amides is 1. The van der Waals surface area contributed by atoms with Crippen molar-refractivity contribution in [3.8, 4) is 11.1 Å². The summed E-state index contributed by atoms with van der Waals surface area (Å²) in [6.07, 6.45) is 0.166. The summed E-state index contributed by atoms with van der Waals surface area (Å²) in [5.41, 5.74) is 4.44. The first kappa shape index (κ1) is 21.6. The first-order valence-corrected chi connectivity index (χ1v) is 10.1. The summed E-state index contributed by atoms with van der Waals surface area (Å²) in [5.74, 6) is -1.78. The number of hydrogen-bond acceptors (Lipinski definition) is 3. The average Bonchev–Trinajstić information content (AvgIpc) is 3.03. The Morgan fingerprint density at radius 1 is 1.10 bits per heavy atom. The summed E-state index contributed by atoms with van der Waals surface area (Å²) in [7, 11) is 0. The van der Waals surface area contributed by atoms with Gasteiger partial charge in [-0.15, -0.1) is 0 Å². The van der Waals surface area contributed by atoms with Crippen LogP contribution in [0.25, 0.3) is 11.1 Å². The van der Waals surface area contributed by atoms with Crippen LogP contribution >= 0.6 is 0 Å². The summed E-state index contributed by atoms with van der Waals surface area (Å²) in [6, 6.07) is 15.1. The standard InChI is InChI=1S/C24H26FNO4/c1-15(2)13-22(21(25)11-12-23(27)28)26-24(29)30-14-20-18-9-5-3-7-16(18)17-8-4-6-10-19(17)20/h3-11,15,20,22H,12-14H2,1-2H3,(H,26,29)(H,27,28)/b21-11-. The van der Waals surface area contributed by atoms with Crippen molar-refractivity contribution in [1.29, 1.82) is 0 Å². The third-order valence-corrected chi connectivity index (χ3v) is 5.15. The third-order valence-electron chi connectivity index (χ3n) is 5.15. The second-order valence-corrected chi connectivity index (χ2v) is 7.84. The van der Waals surface area contributed by atoms with E-state index in [0.29, 0.717) is 6.42 Å². The first-order valence-electron chi connectivity index (χ1n) is 10.1. The summed E-state index contributed by atoms with van der Waals surface area (Å²) in [5, 5.41) is 11.3. The van der Waals surface area contributed by atoms with Crippen LogP contribution in [-0.4, -0.2) is 29.8 Å². The highest BCUT2D eigenvalue weighted by molar-refractivity contribution is 5.79. The molecule has 0 bridgehead atoms. The van der Waals surface area contributed by atoms with Crippen LogP contribution in [0, 0.1) is 5.92 Å². The third kappa shape index (κ3) is 5.06. The predicted octanol–water partition coefficient (Wildman–Crippen LogP) is 5.27. The molecule has 158 valence electrons. The Labute approximate surface area is 175 Å². The number of carbonyl (C=O) groups is 2. The number of carbonyl (C=O) groups excluding carboxylic acids is 1. The molecule has 0 aliphatic heterocycles. The molecule has 0 spiro atoms. The van der Waals surface area contributed by atoms with Gasteiger partial charge in [0.25, 0.3) is 0 Å². The Hall–Kier alpha value is -3.15. The van der Waals surface area contributed by atoms with Crippen LogP contribution < -0.4 is 5.32 Å². The Balaban J connectivity index is 1.68. The Morgan fingerprint density at radius 2 is 1.67 bits per heavy atom. The summed E-state index contributed by atoms with van der Waals surface area (Å²) in [6.45, 7) is 3.93. The highest BCUT2D eigenvalue weighted by Crippen LogP contribution is 2.44. The van der Waals surface area contributed by atoms with Crippen molar-refractivity contribution in [2.24, 2.45) is 5.92 Å². The largest absolute Gasteiger partial charge is 0.481 e. The van der Waals surface area contributed by atoms with E-state index in [-0.39, 0.29) is 18.4 Å². The molecule has 6 heteroatoms. The van der Waals surface area contributed by atoms with E-state index in [0.717, 1.165) is 28.3 Å². The molecule has 2 N–H and O–H groups in total. The summed E-state index contributed by atoms with van der Waals surface area (Å²) in [4.78, 5) is 23.1. The average molecular weight is 411 g/mol. The van der Waals surface area contributed by atoms with Crippen LogP contribution in [0.2, 0.25) is 0 Å². The lowest BCUT2D eigenvalue weighted by Crippen LogP contribution is -2.37. The number of ether oxygens (including phenoxy) is 1. The predicted molar refractivity (Wildman–Crippen MR) is 113 cm³/mol. The van der Waals surface area contributed by atoms with Crippen molar-refractivity contribution in [3.63, 3.8) is 0 Å². The van der Waals surface area contributed by atoms with Gasteiger partial charge in [-0.25, -0.2) is 9.18 Å². The van der Waals surface area contributed by atoms with Crippen molar-refractivity contribution in [2.75, 3.05) is 6.61 Å². The number of alkyl carbamates (subject to hydrolysis) is 1. The number of benzene rings is 2. The molecule has 0 aromatic heterocycles. The zero-order valence-corrected chi connectivity index (χ0v) is 17.1. The number of aliphatic carboxylic acids is 1. The van der Waals surface area contributed by atoms with Crippen molar-refractivity contribution < 1.29 is 23.8 Å². The second-order valence-electron chi connectivity index (χ2n) is 7.84. The maximum atomic E-state index is 14.4. The Kier molecular flexibility index (Phi) is 6.87. The molecule has 5 nitrogen and oxygen atoms in total.